The zero-order valence-corrected chi connectivity index (χ0v) is 15.3. The Morgan fingerprint density at radius 3 is 2.41 bits per heavy atom. The highest BCUT2D eigenvalue weighted by molar-refractivity contribution is 5.97. The van der Waals surface area contributed by atoms with Gasteiger partial charge in [-0.25, -0.2) is 0 Å². The van der Waals surface area contributed by atoms with Gasteiger partial charge < -0.3 is 10.2 Å². The average molecular weight is 367 g/mol. The first-order chi connectivity index (χ1) is 12.9. The second-order valence-corrected chi connectivity index (χ2v) is 6.65. The van der Waals surface area contributed by atoms with Gasteiger partial charge in [0.1, 0.15) is 0 Å². The van der Waals surface area contributed by atoms with Crippen molar-refractivity contribution < 1.29 is 14.5 Å². The standard InChI is InChI=1S/C20H21N3O4/c1-13-17(4-3-5-18(13)23(26)27)20(25)22(16-10-11-16)12-14-6-8-15(9-7-14)19(24)21-2/h3-9,16H,10-12H2,1-2H3,(H,21,24). The van der Waals surface area contributed by atoms with Crippen molar-refractivity contribution in [1.29, 1.82) is 0 Å². The molecule has 140 valence electrons. The van der Waals surface area contributed by atoms with E-state index >= 15 is 0 Å². The van der Waals surface area contributed by atoms with Crippen LogP contribution >= 0.6 is 0 Å². The lowest BCUT2D eigenvalue weighted by atomic mass is 10.0. The molecule has 0 atom stereocenters. The molecule has 1 fully saturated rings. The van der Waals surface area contributed by atoms with E-state index in [1.807, 2.05) is 12.1 Å². The third kappa shape index (κ3) is 3.97. The number of nitrogens with zero attached hydrogens (tertiary/aromatic N) is 2. The minimum atomic E-state index is -0.467. The maximum Gasteiger partial charge on any atom is 0.273 e. The molecule has 3 rings (SSSR count). The van der Waals surface area contributed by atoms with Crippen molar-refractivity contribution in [2.45, 2.75) is 32.4 Å². The van der Waals surface area contributed by atoms with Gasteiger partial charge in [-0.05, 0) is 43.5 Å². The summed E-state index contributed by atoms with van der Waals surface area (Å²) in [5.41, 5.74) is 2.16. The van der Waals surface area contributed by atoms with E-state index in [-0.39, 0.29) is 23.5 Å². The fourth-order valence-corrected chi connectivity index (χ4v) is 3.06. The van der Waals surface area contributed by atoms with E-state index in [0.29, 0.717) is 23.2 Å². The summed E-state index contributed by atoms with van der Waals surface area (Å²) in [6, 6.07) is 11.8. The zero-order chi connectivity index (χ0) is 19.6. The lowest BCUT2D eigenvalue weighted by Crippen LogP contribution is -2.33. The predicted molar refractivity (Wildman–Crippen MR) is 101 cm³/mol. The highest BCUT2D eigenvalue weighted by Crippen LogP contribution is 2.31. The second kappa shape index (κ2) is 7.57. The molecule has 0 saturated heterocycles. The molecule has 0 aromatic heterocycles. The van der Waals surface area contributed by atoms with Gasteiger partial charge >= 0.3 is 0 Å². The summed E-state index contributed by atoms with van der Waals surface area (Å²) in [6.45, 7) is 2.01. The van der Waals surface area contributed by atoms with Crippen molar-refractivity contribution in [3.05, 3.63) is 74.8 Å². The van der Waals surface area contributed by atoms with E-state index < -0.39 is 4.92 Å². The van der Waals surface area contributed by atoms with Crippen LogP contribution in [0.15, 0.2) is 42.5 Å². The Labute approximate surface area is 157 Å². The quantitative estimate of drug-likeness (QED) is 0.627. The maximum absolute atomic E-state index is 13.1. The maximum atomic E-state index is 13.1. The first kappa shape index (κ1) is 18.6. The Bertz CT molecular complexity index is 889. The van der Waals surface area contributed by atoms with Crippen LogP contribution in [0.1, 0.15) is 44.7 Å². The average Bonchev–Trinajstić information content (AvgIpc) is 3.50. The van der Waals surface area contributed by atoms with Crippen molar-refractivity contribution in [2.24, 2.45) is 0 Å². The Balaban J connectivity index is 1.84. The van der Waals surface area contributed by atoms with Crippen LogP contribution in [-0.2, 0) is 6.54 Å². The molecule has 0 unspecified atom stereocenters. The third-order valence-electron chi connectivity index (χ3n) is 4.78. The number of nitrogens with one attached hydrogen (secondary N) is 1. The number of benzene rings is 2. The van der Waals surface area contributed by atoms with Gasteiger partial charge in [-0.15, -0.1) is 0 Å². The van der Waals surface area contributed by atoms with Crippen LogP contribution in [0.5, 0.6) is 0 Å². The number of hydrogen-bond donors (Lipinski definition) is 1. The predicted octanol–water partition coefficient (Wildman–Crippen LogP) is 3.07. The van der Waals surface area contributed by atoms with Crippen molar-refractivity contribution in [3.63, 3.8) is 0 Å². The van der Waals surface area contributed by atoms with Gasteiger partial charge in [-0.3, -0.25) is 19.7 Å². The molecule has 7 heteroatoms. The summed E-state index contributed by atoms with van der Waals surface area (Å²) in [7, 11) is 1.57. The van der Waals surface area contributed by atoms with Crippen LogP contribution in [0, 0.1) is 17.0 Å². The molecule has 1 N–H and O–H groups in total. The van der Waals surface area contributed by atoms with Gasteiger partial charge in [0.15, 0.2) is 0 Å². The second-order valence-electron chi connectivity index (χ2n) is 6.65. The third-order valence-corrected chi connectivity index (χ3v) is 4.78. The smallest absolute Gasteiger partial charge is 0.273 e. The lowest BCUT2D eigenvalue weighted by Gasteiger charge is -2.23. The highest BCUT2D eigenvalue weighted by atomic mass is 16.6. The Morgan fingerprint density at radius 2 is 1.85 bits per heavy atom. The molecule has 0 aliphatic heterocycles. The first-order valence-corrected chi connectivity index (χ1v) is 8.78. The molecule has 0 radical (unpaired) electrons. The molecule has 1 aliphatic rings. The Hall–Kier alpha value is -3.22. The van der Waals surface area contributed by atoms with E-state index in [2.05, 4.69) is 5.32 Å². The fraction of sp³-hybridized carbons (Fsp3) is 0.300. The van der Waals surface area contributed by atoms with Gasteiger partial charge in [0.25, 0.3) is 17.5 Å². The molecule has 1 aliphatic carbocycles. The van der Waals surface area contributed by atoms with E-state index in [1.165, 1.54) is 6.07 Å². The summed E-state index contributed by atoms with van der Waals surface area (Å²) < 4.78 is 0. The van der Waals surface area contributed by atoms with E-state index in [9.17, 15) is 19.7 Å². The van der Waals surface area contributed by atoms with Crippen LogP contribution in [0.3, 0.4) is 0 Å². The van der Waals surface area contributed by atoms with Crippen LogP contribution in [-0.4, -0.2) is 34.7 Å². The topological polar surface area (TPSA) is 92.6 Å². The first-order valence-electron chi connectivity index (χ1n) is 8.78. The molecular weight excluding hydrogens is 346 g/mol. The molecule has 2 aromatic rings. The SMILES string of the molecule is CNC(=O)c1ccc(CN(C(=O)c2cccc([N+](=O)[O-])c2C)C2CC2)cc1. The fourth-order valence-electron chi connectivity index (χ4n) is 3.06. The molecule has 7 nitrogen and oxygen atoms in total. The summed E-state index contributed by atoms with van der Waals surface area (Å²) in [6.07, 6.45) is 1.85. The van der Waals surface area contributed by atoms with Crippen LogP contribution < -0.4 is 5.32 Å². The summed E-state index contributed by atoms with van der Waals surface area (Å²) in [5.74, 6) is -0.363. The molecule has 0 heterocycles. The Morgan fingerprint density at radius 1 is 1.19 bits per heavy atom. The largest absolute Gasteiger partial charge is 0.355 e. The minimum Gasteiger partial charge on any atom is -0.355 e. The Kier molecular flexibility index (Phi) is 5.21. The molecule has 0 bridgehead atoms. The van der Waals surface area contributed by atoms with Crippen molar-refractivity contribution in [1.82, 2.24) is 10.2 Å². The molecule has 1 saturated carbocycles. The van der Waals surface area contributed by atoms with Gasteiger partial charge in [0.05, 0.1) is 4.92 Å². The normalized spacial score (nSPS) is 13.1. The van der Waals surface area contributed by atoms with Crippen LogP contribution in [0.25, 0.3) is 0 Å². The molecule has 0 spiro atoms. The molecule has 27 heavy (non-hydrogen) atoms. The highest BCUT2D eigenvalue weighted by Gasteiger charge is 2.34. The number of carbonyl (C=O) groups is 2. The summed E-state index contributed by atoms with van der Waals surface area (Å²) in [5, 5.41) is 13.7. The van der Waals surface area contributed by atoms with E-state index in [0.717, 1.165) is 18.4 Å². The summed E-state index contributed by atoms with van der Waals surface area (Å²) >= 11 is 0. The minimum absolute atomic E-state index is 0.0495. The number of rotatable bonds is 6. The number of nitro benzene ring substituents is 1. The van der Waals surface area contributed by atoms with Gasteiger partial charge in [0.2, 0.25) is 0 Å². The van der Waals surface area contributed by atoms with Crippen molar-refractivity contribution in [3.8, 4) is 0 Å². The molecule has 2 aromatic carbocycles. The van der Waals surface area contributed by atoms with E-state index in [4.69, 9.17) is 0 Å². The van der Waals surface area contributed by atoms with Crippen molar-refractivity contribution in [2.75, 3.05) is 7.05 Å². The monoisotopic (exact) mass is 367 g/mol. The number of hydrogen-bond acceptors (Lipinski definition) is 4. The van der Waals surface area contributed by atoms with Gasteiger partial charge in [0, 0.05) is 42.4 Å². The van der Waals surface area contributed by atoms with Crippen molar-refractivity contribution >= 4 is 17.5 Å². The lowest BCUT2D eigenvalue weighted by molar-refractivity contribution is -0.385. The molecular formula is C20H21N3O4. The van der Waals surface area contributed by atoms with Crippen LogP contribution in [0.4, 0.5) is 5.69 Å². The zero-order valence-electron chi connectivity index (χ0n) is 15.3. The van der Waals surface area contributed by atoms with E-state index in [1.54, 1.807) is 43.1 Å². The number of amides is 2. The van der Waals surface area contributed by atoms with Gasteiger partial charge in [-0.1, -0.05) is 18.2 Å². The molecule has 2 amide bonds. The van der Waals surface area contributed by atoms with Gasteiger partial charge in [-0.2, -0.15) is 0 Å². The number of carbonyl (C=O) groups excluding carboxylic acids is 2. The number of nitro groups is 1. The summed E-state index contributed by atoms with van der Waals surface area (Å²) in [4.78, 5) is 37.2. The van der Waals surface area contributed by atoms with Crippen LogP contribution in [0.2, 0.25) is 0 Å².